The summed E-state index contributed by atoms with van der Waals surface area (Å²) >= 11 is 0. The molecular formula is C13H22N4O2. The Morgan fingerprint density at radius 1 is 1.58 bits per heavy atom. The smallest absolute Gasteiger partial charge is 0.273 e. The van der Waals surface area contributed by atoms with Gasteiger partial charge in [0, 0.05) is 32.9 Å². The van der Waals surface area contributed by atoms with Gasteiger partial charge in [0.15, 0.2) is 0 Å². The van der Waals surface area contributed by atoms with Gasteiger partial charge >= 0.3 is 0 Å². The molecule has 0 saturated heterocycles. The molecule has 0 unspecified atom stereocenters. The predicted molar refractivity (Wildman–Crippen MR) is 71.7 cm³/mol. The molecule has 2 rings (SSSR count). The average molecular weight is 266 g/mol. The van der Waals surface area contributed by atoms with E-state index >= 15 is 0 Å². The zero-order chi connectivity index (χ0) is 13.9. The van der Waals surface area contributed by atoms with Crippen molar-refractivity contribution in [3.63, 3.8) is 0 Å². The molecule has 0 radical (unpaired) electrons. The minimum atomic E-state index is -0.718. The lowest BCUT2D eigenvalue weighted by atomic mass is 10.0. The van der Waals surface area contributed by atoms with Crippen molar-refractivity contribution in [1.29, 1.82) is 0 Å². The minimum Gasteiger partial charge on any atom is -0.388 e. The zero-order valence-corrected chi connectivity index (χ0v) is 11.4. The summed E-state index contributed by atoms with van der Waals surface area (Å²) in [7, 11) is 1.71. The molecule has 1 amide bonds. The van der Waals surface area contributed by atoms with E-state index in [1.54, 1.807) is 29.0 Å². The van der Waals surface area contributed by atoms with E-state index in [-0.39, 0.29) is 5.91 Å². The van der Waals surface area contributed by atoms with Crippen LogP contribution >= 0.6 is 0 Å². The van der Waals surface area contributed by atoms with Crippen molar-refractivity contribution in [2.24, 2.45) is 5.73 Å². The molecule has 1 aliphatic carbocycles. The van der Waals surface area contributed by atoms with Gasteiger partial charge < -0.3 is 20.3 Å². The molecule has 6 nitrogen and oxygen atoms in total. The van der Waals surface area contributed by atoms with Crippen LogP contribution in [0.5, 0.6) is 0 Å². The second kappa shape index (κ2) is 5.71. The van der Waals surface area contributed by atoms with Gasteiger partial charge in [-0.25, -0.2) is 4.98 Å². The number of likely N-dealkylation sites (N-methyl/N-ethyl adjacent to an activating group) is 1. The Morgan fingerprint density at radius 2 is 2.26 bits per heavy atom. The van der Waals surface area contributed by atoms with Gasteiger partial charge in [-0.05, 0) is 12.8 Å². The number of nitrogens with two attached hydrogens (primary N) is 1. The van der Waals surface area contributed by atoms with Gasteiger partial charge in [-0.2, -0.15) is 0 Å². The van der Waals surface area contributed by atoms with Gasteiger partial charge in [0.25, 0.3) is 5.91 Å². The Bertz CT molecular complexity index is 438. The number of nitrogens with zero attached hydrogens (tertiary/aromatic N) is 3. The van der Waals surface area contributed by atoms with E-state index in [0.29, 0.717) is 25.3 Å². The number of rotatable bonds is 5. The number of imidazole rings is 1. The van der Waals surface area contributed by atoms with Crippen LogP contribution in [0.3, 0.4) is 0 Å². The summed E-state index contributed by atoms with van der Waals surface area (Å²) in [5.74, 6) is -0.156. The first-order valence-corrected chi connectivity index (χ1v) is 6.74. The number of hydrogen-bond donors (Lipinski definition) is 2. The minimum absolute atomic E-state index is 0.156. The van der Waals surface area contributed by atoms with Crippen LogP contribution in [0, 0.1) is 0 Å². The van der Waals surface area contributed by atoms with Crippen molar-refractivity contribution in [3.05, 3.63) is 18.2 Å². The monoisotopic (exact) mass is 266 g/mol. The first-order chi connectivity index (χ1) is 9.04. The van der Waals surface area contributed by atoms with Gasteiger partial charge in [-0.1, -0.05) is 12.8 Å². The fourth-order valence-electron chi connectivity index (χ4n) is 2.64. The van der Waals surface area contributed by atoms with E-state index in [1.165, 1.54) is 0 Å². The molecule has 1 heterocycles. The van der Waals surface area contributed by atoms with Gasteiger partial charge in [0.2, 0.25) is 0 Å². The lowest BCUT2D eigenvalue weighted by Gasteiger charge is -2.28. The van der Waals surface area contributed by atoms with Gasteiger partial charge in [0.1, 0.15) is 5.69 Å². The third kappa shape index (κ3) is 3.33. The van der Waals surface area contributed by atoms with Crippen LogP contribution in [-0.4, -0.2) is 51.2 Å². The Balaban J connectivity index is 1.97. The molecule has 0 spiro atoms. The summed E-state index contributed by atoms with van der Waals surface area (Å²) in [4.78, 5) is 17.8. The first kappa shape index (κ1) is 14.0. The molecule has 1 aliphatic rings. The van der Waals surface area contributed by atoms with Crippen molar-refractivity contribution in [3.8, 4) is 0 Å². The Kier molecular flexibility index (Phi) is 4.21. The molecule has 1 saturated carbocycles. The Morgan fingerprint density at radius 3 is 2.89 bits per heavy atom. The van der Waals surface area contributed by atoms with Crippen LogP contribution in [0.25, 0.3) is 0 Å². The fraction of sp³-hybridized carbons (Fsp3) is 0.692. The molecule has 1 aromatic heterocycles. The lowest BCUT2D eigenvalue weighted by molar-refractivity contribution is 0.0155. The van der Waals surface area contributed by atoms with Crippen LogP contribution in [0.4, 0.5) is 0 Å². The van der Waals surface area contributed by atoms with Gasteiger partial charge in [0.05, 0.1) is 11.9 Å². The molecule has 0 bridgehead atoms. The molecule has 0 aliphatic heterocycles. The van der Waals surface area contributed by atoms with Crippen LogP contribution in [0.2, 0.25) is 0 Å². The number of carbonyl (C=O) groups is 1. The summed E-state index contributed by atoms with van der Waals surface area (Å²) in [5.41, 5.74) is 5.14. The summed E-state index contributed by atoms with van der Waals surface area (Å²) in [6.45, 7) is 1.53. The fourth-order valence-corrected chi connectivity index (χ4v) is 2.64. The van der Waals surface area contributed by atoms with Gasteiger partial charge in [-0.3, -0.25) is 4.79 Å². The second-order valence-electron chi connectivity index (χ2n) is 5.38. The number of aromatic nitrogens is 2. The van der Waals surface area contributed by atoms with Crippen LogP contribution in [0.1, 0.15) is 36.2 Å². The number of amides is 1. The quantitative estimate of drug-likeness (QED) is 0.798. The molecule has 19 heavy (non-hydrogen) atoms. The summed E-state index contributed by atoms with van der Waals surface area (Å²) < 4.78 is 1.80. The van der Waals surface area contributed by atoms with E-state index in [9.17, 15) is 9.90 Å². The van der Waals surface area contributed by atoms with E-state index in [1.807, 2.05) is 0 Å². The molecule has 0 aromatic carbocycles. The van der Waals surface area contributed by atoms with Crippen molar-refractivity contribution in [2.45, 2.75) is 37.8 Å². The van der Waals surface area contributed by atoms with Crippen molar-refractivity contribution in [1.82, 2.24) is 14.5 Å². The molecule has 1 fully saturated rings. The topological polar surface area (TPSA) is 84.4 Å². The number of aliphatic hydroxyl groups is 1. The zero-order valence-electron chi connectivity index (χ0n) is 11.4. The summed E-state index contributed by atoms with van der Waals surface area (Å²) in [5, 5.41) is 10.3. The summed E-state index contributed by atoms with van der Waals surface area (Å²) in [6.07, 6.45) is 6.91. The van der Waals surface area contributed by atoms with Crippen LogP contribution in [0.15, 0.2) is 12.5 Å². The van der Waals surface area contributed by atoms with Crippen LogP contribution in [-0.2, 0) is 6.54 Å². The average Bonchev–Trinajstić information content (AvgIpc) is 2.98. The highest BCUT2D eigenvalue weighted by molar-refractivity contribution is 5.91. The number of carbonyl (C=O) groups excluding carboxylic acids is 1. The van der Waals surface area contributed by atoms with Crippen molar-refractivity contribution < 1.29 is 9.90 Å². The number of hydrogen-bond acceptors (Lipinski definition) is 4. The molecule has 0 atom stereocenters. The maximum absolute atomic E-state index is 12.2. The van der Waals surface area contributed by atoms with Crippen LogP contribution < -0.4 is 5.73 Å². The van der Waals surface area contributed by atoms with Gasteiger partial charge in [-0.15, -0.1) is 0 Å². The third-order valence-electron chi connectivity index (χ3n) is 3.65. The lowest BCUT2D eigenvalue weighted by Crippen LogP contribution is -2.42. The molecule has 6 heteroatoms. The second-order valence-corrected chi connectivity index (χ2v) is 5.38. The molecule has 3 N–H and O–H groups in total. The molecule has 1 aromatic rings. The highest BCUT2D eigenvalue weighted by Crippen LogP contribution is 2.30. The highest BCUT2D eigenvalue weighted by Gasteiger charge is 2.33. The Labute approximate surface area is 113 Å². The molecular weight excluding hydrogens is 244 g/mol. The highest BCUT2D eigenvalue weighted by atomic mass is 16.3. The summed E-state index contributed by atoms with van der Waals surface area (Å²) in [6, 6.07) is 0. The largest absolute Gasteiger partial charge is 0.388 e. The van der Waals surface area contributed by atoms with Crippen molar-refractivity contribution >= 4 is 5.91 Å². The van der Waals surface area contributed by atoms with E-state index in [0.717, 1.165) is 25.7 Å². The Hall–Kier alpha value is -1.40. The predicted octanol–water partition coefficient (Wildman–Crippen LogP) is 0.219. The van der Waals surface area contributed by atoms with E-state index in [4.69, 9.17) is 5.73 Å². The van der Waals surface area contributed by atoms with E-state index < -0.39 is 5.60 Å². The first-order valence-electron chi connectivity index (χ1n) is 6.74. The maximum Gasteiger partial charge on any atom is 0.273 e. The maximum atomic E-state index is 12.2. The SMILES string of the molecule is CN(CC1(O)CCCC1)C(=O)c1cn(CCN)cn1. The van der Waals surface area contributed by atoms with E-state index in [2.05, 4.69) is 4.98 Å². The van der Waals surface area contributed by atoms with Crippen molar-refractivity contribution in [2.75, 3.05) is 20.1 Å². The standard InChI is InChI=1S/C13H22N4O2/c1-16(9-13(19)4-2-3-5-13)12(18)11-8-17(7-6-14)10-15-11/h8,10,19H,2-7,9,14H2,1H3. The third-order valence-corrected chi connectivity index (χ3v) is 3.65. The molecule has 106 valence electrons. The normalized spacial score (nSPS) is 17.6.